The molecule has 0 aromatic carbocycles. The number of nitriles is 1. The Morgan fingerprint density at radius 1 is 1.38 bits per heavy atom. The van der Waals surface area contributed by atoms with Crippen LogP contribution >= 0.6 is 11.8 Å². The topological polar surface area (TPSA) is 50.8 Å². The minimum Gasteiger partial charge on any atom is -0.381 e. The maximum atomic E-state index is 9.25. The standard InChI is InChI=1S/C11H13N3OS/c12-5-11-9-6-16-7-10(9)13-14(11)8-1-3-15-4-2-8/h8H,1-4,6-7H2. The van der Waals surface area contributed by atoms with Gasteiger partial charge in [0.1, 0.15) is 11.8 Å². The highest BCUT2D eigenvalue weighted by Gasteiger charge is 2.27. The van der Waals surface area contributed by atoms with Crippen LogP contribution in [0.1, 0.15) is 35.8 Å². The molecule has 16 heavy (non-hydrogen) atoms. The van der Waals surface area contributed by atoms with Gasteiger partial charge in [-0.15, -0.1) is 0 Å². The van der Waals surface area contributed by atoms with E-state index in [1.54, 1.807) is 0 Å². The van der Waals surface area contributed by atoms with Gasteiger partial charge in [-0.1, -0.05) is 0 Å². The van der Waals surface area contributed by atoms with E-state index >= 15 is 0 Å². The quantitative estimate of drug-likeness (QED) is 0.745. The lowest BCUT2D eigenvalue weighted by Crippen LogP contribution is -2.21. The molecule has 0 amide bonds. The van der Waals surface area contributed by atoms with Crippen molar-refractivity contribution < 1.29 is 4.74 Å². The summed E-state index contributed by atoms with van der Waals surface area (Å²) in [6.07, 6.45) is 1.95. The van der Waals surface area contributed by atoms with Gasteiger partial charge in [-0.05, 0) is 12.8 Å². The Morgan fingerprint density at radius 2 is 2.19 bits per heavy atom. The number of thioether (sulfide) groups is 1. The fourth-order valence-electron chi connectivity index (χ4n) is 2.35. The Hall–Kier alpha value is -0.990. The van der Waals surface area contributed by atoms with Crippen LogP contribution in [0.3, 0.4) is 0 Å². The number of hydrogen-bond donors (Lipinski definition) is 0. The van der Waals surface area contributed by atoms with E-state index in [4.69, 9.17) is 4.74 Å². The Kier molecular flexibility index (Phi) is 2.62. The van der Waals surface area contributed by atoms with E-state index in [-0.39, 0.29) is 0 Å². The molecule has 0 spiro atoms. The van der Waals surface area contributed by atoms with E-state index in [1.807, 2.05) is 16.4 Å². The third-order valence-corrected chi connectivity index (χ3v) is 4.19. The van der Waals surface area contributed by atoms with Gasteiger partial charge in [0, 0.05) is 30.3 Å². The molecule has 0 atom stereocenters. The fourth-order valence-corrected chi connectivity index (χ4v) is 3.38. The Balaban J connectivity index is 1.97. The zero-order chi connectivity index (χ0) is 11.0. The molecule has 0 saturated carbocycles. The van der Waals surface area contributed by atoms with Crippen molar-refractivity contribution in [2.45, 2.75) is 30.4 Å². The number of nitrogens with zero attached hydrogens (tertiary/aromatic N) is 3. The normalized spacial score (nSPS) is 20.7. The zero-order valence-corrected chi connectivity index (χ0v) is 9.79. The predicted octanol–water partition coefficient (Wildman–Crippen LogP) is 1.85. The summed E-state index contributed by atoms with van der Waals surface area (Å²) in [5.41, 5.74) is 3.07. The molecule has 5 heteroatoms. The largest absolute Gasteiger partial charge is 0.381 e. The van der Waals surface area contributed by atoms with Crippen LogP contribution in [-0.2, 0) is 16.2 Å². The van der Waals surface area contributed by atoms with Crippen molar-refractivity contribution in [1.29, 1.82) is 5.26 Å². The molecule has 0 unspecified atom stereocenters. The van der Waals surface area contributed by atoms with Gasteiger partial charge in [0.05, 0.1) is 11.7 Å². The van der Waals surface area contributed by atoms with Crippen LogP contribution in [0.25, 0.3) is 0 Å². The molecule has 2 aliphatic heterocycles. The number of fused-ring (bicyclic) bond motifs is 1. The van der Waals surface area contributed by atoms with E-state index in [9.17, 15) is 5.26 Å². The summed E-state index contributed by atoms with van der Waals surface area (Å²) in [6, 6.07) is 2.68. The molecule has 1 aromatic rings. The van der Waals surface area contributed by atoms with Gasteiger partial charge in [-0.2, -0.15) is 22.1 Å². The fraction of sp³-hybridized carbons (Fsp3) is 0.636. The average molecular weight is 235 g/mol. The summed E-state index contributed by atoms with van der Waals surface area (Å²) in [7, 11) is 0. The lowest BCUT2D eigenvalue weighted by Gasteiger charge is -2.23. The molecular formula is C11H13N3OS. The van der Waals surface area contributed by atoms with Crippen LogP contribution in [0.4, 0.5) is 0 Å². The van der Waals surface area contributed by atoms with Crippen LogP contribution in [0.15, 0.2) is 0 Å². The van der Waals surface area contributed by atoms with E-state index in [0.29, 0.717) is 6.04 Å². The first-order valence-corrected chi connectivity index (χ1v) is 6.71. The molecule has 1 saturated heterocycles. The van der Waals surface area contributed by atoms with Gasteiger partial charge in [-0.3, -0.25) is 4.68 Å². The molecule has 3 heterocycles. The number of hydrogen-bond acceptors (Lipinski definition) is 4. The Bertz CT molecular complexity index is 443. The molecule has 1 aromatic heterocycles. The number of ether oxygens (including phenoxy) is 1. The van der Waals surface area contributed by atoms with Gasteiger partial charge < -0.3 is 4.74 Å². The van der Waals surface area contributed by atoms with Crippen molar-refractivity contribution >= 4 is 11.8 Å². The summed E-state index contributed by atoms with van der Waals surface area (Å²) in [6.45, 7) is 1.57. The monoisotopic (exact) mass is 235 g/mol. The van der Waals surface area contributed by atoms with Gasteiger partial charge >= 0.3 is 0 Å². The van der Waals surface area contributed by atoms with E-state index in [0.717, 1.165) is 48.9 Å². The lowest BCUT2D eigenvalue weighted by molar-refractivity contribution is 0.0659. The van der Waals surface area contributed by atoms with Crippen LogP contribution in [0.5, 0.6) is 0 Å². The van der Waals surface area contributed by atoms with Crippen molar-refractivity contribution in [1.82, 2.24) is 9.78 Å². The minimum absolute atomic E-state index is 0.360. The number of rotatable bonds is 1. The molecule has 0 radical (unpaired) electrons. The van der Waals surface area contributed by atoms with Gasteiger partial charge in [0.25, 0.3) is 0 Å². The highest BCUT2D eigenvalue weighted by molar-refractivity contribution is 7.98. The third kappa shape index (κ3) is 1.53. The molecule has 0 bridgehead atoms. The summed E-state index contributed by atoms with van der Waals surface area (Å²) in [4.78, 5) is 0. The molecule has 3 rings (SSSR count). The summed E-state index contributed by atoms with van der Waals surface area (Å²) in [5, 5.41) is 13.9. The zero-order valence-electron chi connectivity index (χ0n) is 8.98. The first-order valence-electron chi connectivity index (χ1n) is 5.56. The molecule has 2 aliphatic rings. The van der Waals surface area contributed by atoms with Crippen molar-refractivity contribution in [2.24, 2.45) is 0 Å². The van der Waals surface area contributed by atoms with Gasteiger partial charge in [0.2, 0.25) is 0 Å². The van der Waals surface area contributed by atoms with Crippen LogP contribution in [0.2, 0.25) is 0 Å². The third-order valence-electron chi connectivity index (χ3n) is 3.22. The van der Waals surface area contributed by atoms with Crippen LogP contribution < -0.4 is 0 Å². The Labute approximate surface area is 98.6 Å². The van der Waals surface area contributed by atoms with Crippen molar-refractivity contribution in [3.05, 3.63) is 17.0 Å². The first kappa shape index (κ1) is 10.2. The highest BCUT2D eigenvalue weighted by atomic mass is 32.2. The first-order chi connectivity index (χ1) is 7.90. The maximum absolute atomic E-state index is 9.25. The predicted molar refractivity (Wildman–Crippen MR) is 61.0 cm³/mol. The maximum Gasteiger partial charge on any atom is 0.143 e. The molecule has 84 valence electrons. The highest BCUT2D eigenvalue weighted by Crippen LogP contribution is 2.34. The average Bonchev–Trinajstić information content (AvgIpc) is 2.89. The van der Waals surface area contributed by atoms with Crippen molar-refractivity contribution in [3.63, 3.8) is 0 Å². The number of aromatic nitrogens is 2. The lowest BCUT2D eigenvalue weighted by atomic mass is 10.1. The van der Waals surface area contributed by atoms with E-state index in [2.05, 4.69) is 11.2 Å². The molecule has 0 aliphatic carbocycles. The molecule has 1 fully saturated rings. The van der Waals surface area contributed by atoms with Gasteiger partial charge in [-0.25, -0.2) is 0 Å². The summed E-state index contributed by atoms with van der Waals surface area (Å²) >= 11 is 1.84. The summed E-state index contributed by atoms with van der Waals surface area (Å²) in [5.74, 6) is 1.90. The second-order valence-corrected chi connectivity index (χ2v) is 5.15. The smallest absolute Gasteiger partial charge is 0.143 e. The SMILES string of the molecule is N#Cc1c2c(nn1C1CCOCC1)CSC2. The Morgan fingerprint density at radius 3 is 2.94 bits per heavy atom. The van der Waals surface area contributed by atoms with Crippen LogP contribution in [-0.4, -0.2) is 23.0 Å². The van der Waals surface area contributed by atoms with Gasteiger partial charge in [0.15, 0.2) is 0 Å². The van der Waals surface area contributed by atoms with Crippen molar-refractivity contribution in [2.75, 3.05) is 13.2 Å². The minimum atomic E-state index is 0.360. The van der Waals surface area contributed by atoms with E-state index in [1.165, 1.54) is 5.56 Å². The second kappa shape index (κ2) is 4.11. The molecule has 4 nitrogen and oxygen atoms in total. The second-order valence-electron chi connectivity index (χ2n) is 4.17. The molecular weight excluding hydrogens is 222 g/mol. The summed E-state index contributed by atoms with van der Waals surface area (Å²) < 4.78 is 7.30. The van der Waals surface area contributed by atoms with Crippen LogP contribution in [0, 0.1) is 11.3 Å². The molecule has 0 N–H and O–H groups in total. The van der Waals surface area contributed by atoms with E-state index < -0.39 is 0 Å². The van der Waals surface area contributed by atoms with Crippen molar-refractivity contribution in [3.8, 4) is 6.07 Å².